The third-order valence-corrected chi connectivity index (χ3v) is 9.52. The highest BCUT2D eigenvalue weighted by molar-refractivity contribution is 6.31. The van der Waals surface area contributed by atoms with Crippen LogP contribution in [0.15, 0.2) is 12.1 Å². The molecule has 3 heterocycles. The number of hydrogen-bond donors (Lipinski definition) is 1. The average Bonchev–Trinajstić information content (AvgIpc) is 3.47. The lowest BCUT2D eigenvalue weighted by atomic mass is 9.66. The monoisotopic (exact) mass is 607 g/mol. The van der Waals surface area contributed by atoms with Gasteiger partial charge in [-0.05, 0) is 49.8 Å². The van der Waals surface area contributed by atoms with Gasteiger partial charge in [0.2, 0.25) is 11.8 Å². The average molecular weight is 608 g/mol. The highest BCUT2D eigenvalue weighted by atomic mass is 35.5. The van der Waals surface area contributed by atoms with Crippen LogP contribution in [0, 0.1) is 17.3 Å². The van der Waals surface area contributed by atoms with Crippen LogP contribution >= 0.6 is 11.6 Å². The van der Waals surface area contributed by atoms with Crippen LogP contribution in [0.1, 0.15) is 80.9 Å². The van der Waals surface area contributed by atoms with E-state index in [0.717, 1.165) is 23.1 Å². The Hall–Kier alpha value is -3.28. The normalized spacial score (nSPS) is 26.1. The first-order chi connectivity index (χ1) is 19.9. The second-order valence-electron chi connectivity index (χ2n) is 12.0. The van der Waals surface area contributed by atoms with Gasteiger partial charge in [-0.1, -0.05) is 36.6 Å². The fraction of sp³-hybridized carbons (Fsp3) is 0.621. The lowest BCUT2D eigenvalue weighted by Gasteiger charge is -2.45. The number of likely N-dealkylation sites (tertiary alicyclic amines) is 1. The van der Waals surface area contributed by atoms with Crippen LogP contribution in [0.25, 0.3) is 0 Å². The van der Waals surface area contributed by atoms with Gasteiger partial charge in [-0.3, -0.25) is 14.4 Å². The molecule has 228 valence electrons. The fourth-order valence-electron chi connectivity index (χ4n) is 6.82. The minimum absolute atomic E-state index is 0.0144. The summed E-state index contributed by atoms with van der Waals surface area (Å²) in [6.07, 6.45) is 0.333. The van der Waals surface area contributed by atoms with E-state index in [4.69, 9.17) is 16.3 Å². The van der Waals surface area contributed by atoms with Crippen molar-refractivity contribution in [1.29, 1.82) is 0 Å². The lowest BCUT2D eigenvalue weighted by molar-refractivity contribution is -0.162. The van der Waals surface area contributed by atoms with E-state index >= 15 is 0 Å². The number of amides is 2. The Balaban J connectivity index is 1.54. The Morgan fingerprint density at radius 3 is 2.71 bits per heavy atom. The molecule has 2 aromatic rings. The van der Waals surface area contributed by atoms with Gasteiger partial charge >= 0.3 is 5.97 Å². The van der Waals surface area contributed by atoms with Crippen molar-refractivity contribution in [3.63, 3.8) is 0 Å². The SMILES string of the molecule is CC1CC(=O)N(C[C@@H]2c3c(OCc4nnn(C)c4C(F)F)ccc(Cl)c3CCN2C(=O)[C@H]2CCCC[C@]2(C)C(=O)O)C1. The van der Waals surface area contributed by atoms with Crippen molar-refractivity contribution >= 4 is 29.4 Å². The second kappa shape index (κ2) is 11.8. The van der Waals surface area contributed by atoms with E-state index in [2.05, 4.69) is 10.3 Å². The molecule has 1 N–H and O–H groups in total. The number of aryl methyl sites for hydroxylation is 1. The maximum atomic E-state index is 14.3. The number of benzene rings is 1. The molecule has 0 bridgehead atoms. The summed E-state index contributed by atoms with van der Waals surface area (Å²) < 4.78 is 34.5. The molecule has 5 rings (SSSR count). The molecular formula is C29H36ClF2N5O5. The minimum atomic E-state index is -2.80. The Labute approximate surface area is 247 Å². The van der Waals surface area contributed by atoms with Crippen LogP contribution in [0.3, 0.4) is 0 Å². The molecule has 1 saturated heterocycles. The number of aromatic nitrogens is 3. The number of carboxylic acids is 1. The first-order valence-electron chi connectivity index (χ1n) is 14.3. The van der Waals surface area contributed by atoms with Gasteiger partial charge in [-0.25, -0.2) is 13.5 Å². The number of halogens is 3. The number of carbonyl (C=O) groups excluding carboxylic acids is 2. The van der Waals surface area contributed by atoms with E-state index in [1.807, 2.05) is 6.92 Å². The zero-order valence-electron chi connectivity index (χ0n) is 24.0. The van der Waals surface area contributed by atoms with Gasteiger partial charge in [0.1, 0.15) is 23.7 Å². The van der Waals surface area contributed by atoms with Crippen molar-refractivity contribution in [2.24, 2.45) is 24.3 Å². The van der Waals surface area contributed by atoms with Crippen LogP contribution < -0.4 is 4.74 Å². The highest BCUT2D eigenvalue weighted by Gasteiger charge is 2.50. The summed E-state index contributed by atoms with van der Waals surface area (Å²) in [4.78, 5) is 43.0. The van der Waals surface area contributed by atoms with Crippen molar-refractivity contribution in [3.8, 4) is 5.75 Å². The van der Waals surface area contributed by atoms with Gasteiger partial charge in [0, 0.05) is 43.7 Å². The first kappa shape index (κ1) is 30.2. The maximum absolute atomic E-state index is 14.3. The second-order valence-corrected chi connectivity index (χ2v) is 12.4. The maximum Gasteiger partial charge on any atom is 0.310 e. The summed E-state index contributed by atoms with van der Waals surface area (Å²) in [5.74, 6) is -1.53. The number of nitrogens with zero attached hydrogens (tertiary/aromatic N) is 5. The van der Waals surface area contributed by atoms with E-state index in [0.29, 0.717) is 55.1 Å². The number of carbonyl (C=O) groups is 3. The summed E-state index contributed by atoms with van der Waals surface area (Å²) >= 11 is 6.66. The molecule has 42 heavy (non-hydrogen) atoms. The van der Waals surface area contributed by atoms with Crippen molar-refractivity contribution in [1.82, 2.24) is 24.8 Å². The molecule has 0 spiro atoms. The smallest absolute Gasteiger partial charge is 0.310 e. The van der Waals surface area contributed by atoms with Gasteiger partial charge in [0.05, 0.1) is 17.4 Å². The summed E-state index contributed by atoms with van der Waals surface area (Å²) in [6.45, 7) is 4.34. The van der Waals surface area contributed by atoms with E-state index < -0.39 is 29.8 Å². The predicted octanol–water partition coefficient (Wildman–Crippen LogP) is 4.56. The molecule has 13 heteroatoms. The third kappa shape index (κ3) is 5.45. The number of fused-ring (bicyclic) bond motifs is 1. The molecule has 1 aromatic carbocycles. The molecule has 4 atom stereocenters. The van der Waals surface area contributed by atoms with Crippen LogP contribution in [-0.4, -0.2) is 67.3 Å². The molecule has 2 fully saturated rings. The molecule has 2 amide bonds. The number of ether oxygens (including phenoxy) is 1. The van der Waals surface area contributed by atoms with E-state index in [1.54, 1.807) is 28.9 Å². The van der Waals surface area contributed by atoms with E-state index in [-0.39, 0.29) is 42.3 Å². The fourth-order valence-corrected chi connectivity index (χ4v) is 7.08. The third-order valence-electron chi connectivity index (χ3n) is 9.17. The number of alkyl halides is 2. The van der Waals surface area contributed by atoms with Crippen molar-refractivity contribution < 1.29 is 33.0 Å². The van der Waals surface area contributed by atoms with Crippen LogP contribution in [0.5, 0.6) is 5.75 Å². The summed E-state index contributed by atoms with van der Waals surface area (Å²) in [6, 6.07) is 2.64. The Morgan fingerprint density at radius 1 is 1.29 bits per heavy atom. The Bertz CT molecular complexity index is 1390. The molecule has 1 unspecified atom stereocenters. The number of rotatable bonds is 8. The standard InChI is InChI=1S/C29H36ClF2N5O5/c1-16-12-23(38)36(13-16)14-21-24-17(9-11-37(21)27(39)18-6-4-5-10-29(18,2)28(40)41)19(30)7-8-22(24)42-15-20-25(26(31)32)35(3)34-33-20/h7-8,16,18,21,26H,4-6,9-15H2,1-3H3,(H,40,41)/t16?,18-,21-,29+/m1/s1. The Morgan fingerprint density at radius 2 is 2.05 bits per heavy atom. The number of aliphatic carboxylic acids is 1. The minimum Gasteiger partial charge on any atom is -0.487 e. The lowest BCUT2D eigenvalue weighted by Crippen LogP contribution is -2.52. The van der Waals surface area contributed by atoms with Crippen LogP contribution in [0.4, 0.5) is 8.78 Å². The van der Waals surface area contributed by atoms with Gasteiger partial charge in [0.25, 0.3) is 6.43 Å². The van der Waals surface area contributed by atoms with E-state index in [9.17, 15) is 28.3 Å². The molecule has 1 aliphatic carbocycles. The molecule has 3 aliphatic rings. The first-order valence-corrected chi connectivity index (χ1v) is 14.7. The number of hydrogen-bond acceptors (Lipinski definition) is 6. The van der Waals surface area contributed by atoms with Crippen molar-refractivity contribution in [3.05, 3.63) is 39.7 Å². The molecule has 0 radical (unpaired) electrons. The van der Waals surface area contributed by atoms with Crippen molar-refractivity contribution in [2.75, 3.05) is 19.6 Å². The van der Waals surface area contributed by atoms with E-state index in [1.165, 1.54) is 7.05 Å². The largest absolute Gasteiger partial charge is 0.487 e. The summed E-state index contributed by atoms with van der Waals surface area (Å²) in [5.41, 5.74) is -0.221. The van der Waals surface area contributed by atoms with Crippen LogP contribution in [0.2, 0.25) is 5.02 Å². The molecular weight excluding hydrogens is 572 g/mol. The molecule has 1 saturated carbocycles. The molecule has 2 aliphatic heterocycles. The Kier molecular flexibility index (Phi) is 8.46. The van der Waals surface area contributed by atoms with Gasteiger partial charge in [-0.15, -0.1) is 5.10 Å². The van der Waals surface area contributed by atoms with Gasteiger partial charge < -0.3 is 19.6 Å². The molecule has 10 nitrogen and oxygen atoms in total. The zero-order chi connectivity index (χ0) is 30.3. The summed E-state index contributed by atoms with van der Waals surface area (Å²) in [7, 11) is 1.38. The highest BCUT2D eigenvalue weighted by Crippen LogP contribution is 2.46. The van der Waals surface area contributed by atoms with Crippen LogP contribution in [-0.2, 0) is 34.5 Å². The topological polar surface area (TPSA) is 118 Å². The quantitative estimate of drug-likeness (QED) is 0.467. The number of carboxylic acid groups (broad SMARTS) is 1. The van der Waals surface area contributed by atoms with Crippen molar-refractivity contribution in [2.45, 2.75) is 71.4 Å². The predicted molar refractivity (Wildman–Crippen MR) is 148 cm³/mol. The molecule has 1 aromatic heterocycles. The summed E-state index contributed by atoms with van der Waals surface area (Å²) in [5, 5.41) is 18.1. The van der Waals surface area contributed by atoms with Gasteiger partial charge in [0.15, 0.2) is 0 Å². The van der Waals surface area contributed by atoms with Gasteiger partial charge in [-0.2, -0.15) is 0 Å². The zero-order valence-corrected chi connectivity index (χ0v) is 24.7.